The molecule has 7 nitrogen and oxygen atoms in total. The summed E-state index contributed by atoms with van der Waals surface area (Å²) in [6.07, 6.45) is 1.68. The summed E-state index contributed by atoms with van der Waals surface area (Å²) in [4.78, 5) is 21.5. The molecule has 0 bridgehead atoms. The first-order chi connectivity index (χ1) is 15.3. The Morgan fingerprint density at radius 2 is 1.97 bits per heavy atom. The minimum atomic E-state index is -0.337. The predicted octanol–water partition coefficient (Wildman–Crippen LogP) is 3.92. The summed E-state index contributed by atoms with van der Waals surface area (Å²) in [5.74, 6) is 0.190. The van der Waals surface area contributed by atoms with Gasteiger partial charge in [0.2, 0.25) is 0 Å². The highest BCUT2D eigenvalue weighted by molar-refractivity contribution is 6.30. The van der Waals surface area contributed by atoms with Crippen molar-refractivity contribution < 1.29 is 5.11 Å². The van der Waals surface area contributed by atoms with E-state index >= 15 is 0 Å². The molecule has 0 saturated carbocycles. The van der Waals surface area contributed by atoms with Crippen molar-refractivity contribution in [3.05, 3.63) is 62.0 Å². The van der Waals surface area contributed by atoms with E-state index in [0.29, 0.717) is 52.6 Å². The highest BCUT2D eigenvalue weighted by atomic mass is 35.5. The number of aromatic nitrogens is 2. The summed E-state index contributed by atoms with van der Waals surface area (Å²) >= 11 is 12.1. The highest BCUT2D eigenvalue weighted by Gasteiger charge is 2.28. The summed E-state index contributed by atoms with van der Waals surface area (Å²) in [6.45, 7) is 1.95. The van der Waals surface area contributed by atoms with Crippen molar-refractivity contribution in [2.75, 3.05) is 25.0 Å². The van der Waals surface area contributed by atoms with Crippen molar-refractivity contribution >= 4 is 39.9 Å². The van der Waals surface area contributed by atoms with Crippen LogP contribution in [-0.2, 0) is 13.6 Å². The van der Waals surface area contributed by atoms with Crippen LogP contribution in [0.1, 0.15) is 24.0 Å². The van der Waals surface area contributed by atoms with Gasteiger partial charge in [0.25, 0.3) is 5.56 Å². The van der Waals surface area contributed by atoms with Crippen LogP contribution in [0.2, 0.25) is 10.2 Å². The normalized spacial score (nSPS) is 14.8. The Bertz CT molecular complexity index is 1280. The number of nitrogens with zero attached hydrogens (tertiary/aromatic N) is 5. The minimum Gasteiger partial charge on any atom is -0.508 e. The molecule has 2 aromatic heterocycles. The smallest absolute Gasteiger partial charge is 0.270 e. The number of benzene rings is 1. The lowest BCUT2D eigenvalue weighted by Gasteiger charge is -2.38. The molecule has 4 rings (SSSR count). The molecule has 0 spiro atoms. The fraction of sp³-hybridized carbons (Fsp3) is 0.348. The van der Waals surface area contributed by atoms with Gasteiger partial charge < -0.3 is 14.6 Å². The lowest BCUT2D eigenvalue weighted by atomic mass is 10.0. The SMILES string of the molecule is CN(Cc1ccc(Cl)cc1O)C1CCN(c2c(C#N)c(=O)n(C)c3ccc(Cl)nc23)CC1. The third-order valence-corrected chi connectivity index (χ3v) is 6.61. The zero-order chi connectivity index (χ0) is 23.0. The maximum Gasteiger partial charge on any atom is 0.270 e. The van der Waals surface area contributed by atoms with Crippen molar-refractivity contribution in [3.8, 4) is 11.8 Å². The molecule has 9 heteroatoms. The number of halogens is 2. The number of aryl methyl sites for hydroxylation is 1. The van der Waals surface area contributed by atoms with Gasteiger partial charge in [-0.05, 0) is 44.2 Å². The summed E-state index contributed by atoms with van der Waals surface area (Å²) in [7, 11) is 3.67. The molecule has 0 unspecified atom stereocenters. The zero-order valence-electron chi connectivity index (χ0n) is 17.8. The Balaban J connectivity index is 1.58. The number of phenolic OH excluding ortho intramolecular Hbond substituents is 1. The van der Waals surface area contributed by atoms with Crippen LogP contribution in [0.25, 0.3) is 11.0 Å². The van der Waals surface area contributed by atoms with Gasteiger partial charge in [-0.1, -0.05) is 29.3 Å². The molecule has 32 heavy (non-hydrogen) atoms. The molecule has 1 aliphatic rings. The van der Waals surface area contributed by atoms with E-state index in [-0.39, 0.29) is 16.9 Å². The van der Waals surface area contributed by atoms with Crippen molar-refractivity contribution in [2.24, 2.45) is 7.05 Å². The van der Waals surface area contributed by atoms with Gasteiger partial charge in [-0.3, -0.25) is 9.69 Å². The molecule has 1 aromatic carbocycles. The second-order valence-electron chi connectivity index (χ2n) is 8.11. The maximum absolute atomic E-state index is 12.8. The number of hydrogen-bond acceptors (Lipinski definition) is 6. The monoisotopic (exact) mass is 471 g/mol. The van der Waals surface area contributed by atoms with E-state index in [1.807, 2.05) is 13.1 Å². The van der Waals surface area contributed by atoms with Gasteiger partial charge >= 0.3 is 0 Å². The lowest BCUT2D eigenvalue weighted by molar-refractivity contribution is 0.198. The van der Waals surface area contributed by atoms with Crippen LogP contribution in [0.5, 0.6) is 5.75 Å². The van der Waals surface area contributed by atoms with Crippen LogP contribution in [0.15, 0.2) is 35.1 Å². The molecule has 3 aromatic rings. The Labute approximate surface area is 196 Å². The predicted molar refractivity (Wildman–Crippen MR) is 127 cm³/mol. The van der Waals surface area contributed by atoms with Gasteiger partial charge in [-0.25, -0.2) is 4.98 Å². The van der Waals surface area contributed by atoms with E-state index in [0.717, 1.165) is 18.4 Å². The van der Waals surface area contributed by atoms with Crippen LogP contribution in [-0.4, -0.2) is 45.7 Å². The fourth-order valence-electron chi connectivity index (χ4n) is 4.38. The number of nitriles is 1. The molecule has 1 N–H and O–H groups in total. The van der Waals surface area contributed by atoms with E-state index in [4.69, 9.17) is 23.2 Å². The average molecular weight is 472 g/mol. The number of fused-ring (bicyclic) bond motifs is 1. The molecule has 166 valence electrons. The summed E-state index contributed by atoms with van der Waals surface area (Å²) in [5, 5.41) is 20.7. The first-order valence-electron chi connectivity index (χ1n) is 10.3. The number of hydrogen-bond donors (Lipinski definition) is 1. The molecule has 1 aliphatic heterocycles. The fourth-order valence-corrected chi connectivity index (χ4v) is 4.69. The van der Waals surface area contributed by atoms with Gasteiger partial charge in [0.1, 0.15) is 28.1 Å². The Morgan fingerprint density at radius 1 is 1.25 bits per heavy atom. The second-order valence-corrected chi connectivity index (χ2v) is 8.93. The van der Waals surface area contributed by atoms with E-state index < -0.39 is 0 Å². The Morgan fingerprint density at radius 3 is 2.62 bits per heavy atom. The quantitative estimate of drug-likeness (QED) is 0.580. The van der Waals surface area contributed by atoms with Crippen LogP contribution in [0.3, 0.4) is 0 Å². The molecular formula is C23H23Cl2N5O2. The molecule has 0 aliphatic carbocycles. The van der Waals surface area contributed by atoms with Crippen molar-refractivity contribution in [1.29, 1.82) is 5.26 Å². The molecule has 0 radical (unpaired) electrons. The first kappa shape index (κ1) is 22.4. The first-order valence-corrected chi connectivity index (χ1v) is 11.1. The van der Waals surface area contributed by atoms with Crippen molar-refractivity contribution in [3.63, 3.8) is 0 Å². The second kappa shape index (κ2) is 8.99. The third-order valence-electron chi connectivity index (χ3n) is 6.16. The molecule has 0 atom stereocenters. The van der Waals surface area contributed by atoms with Gasteiger partial charge in [-0.15, -0.1) is 0 Å². The highest BCUT2D eigenvalue weighted by Crippen LogP contribution is 2.32. The number of anilines is 1. The summed E-state index contributed by atoms with van der Waals surface area (Å²) in [6, 6.07) is 10.9. The zero-order valence-corrected chi connectivity index (χ0v) is 19.4. The third kappa shape index (κ3) is 4.14. The number of pyridine rings is 2. The van der Waals surface area contributed by atoms with Crippen molar-refractivity contribution in [1.82, 2.24) is 14.5 Å². The Hall–Kier alpha value is -2.79. The molecule has 0 amide bonds. The molecule has 1 saturated heterocycles. The molecular weight excluding hydrogens is 449 g/mol. The topological polar surface area (TPSA) is 85.4 Å². The molecule has 3 heterocycles. The largest absolute Gasteiger partial charge is 0.508 e. The maximum atomic E-state index is 12.8. The average Bonchev–Trinajstić information content (AvgIpc) is 2.78. The minimum absolute atomic E-state index is 0.0904. The van der Waals surface area contributed by atoms with E-state index in [2.05, 4.69) is 20.9 Å². The van der Waals surface area contributed by atoms with E-state index in [1.54, 1.807) is 31.3 Å². The molecule has 1 fully saturated rings. The summed E-state index contributed by atoms with van der Waals surface area (Å²) < 4.78 is 1.44. The number of phenols is 1. The van der Waals surface area contributed by atoms with E-state index in [1.165, 1.54) is 4.57 Å². The van der Waals surface area contributed by atoms with Gasteiger partial charge in [0.15, 0.2) is 0 Å². The Kier molecular flexibility index (Phi) is 6.29. The summed E-state index contributed by atoms with van der Waals surface area (Å²) in [5.41, 5.74) is 2.34. The number of rotatable bonds is 4. The lowest BCUT2D eigenvalue weighted by Crippen LogP contribution is -2.44. The van der Waals surface area contributed by atoms with Crippen LogP contribution < -0.4 is 10.5 Å². The standard InChI is InChI=1S/C23H23Cl2N5O2/c1-28(13-14-3-4-15(24)11-19(14)31)16-7-9-30(10-8-16)22-17(12-26)23(32)29(2)18-5-6-20(25)27-21(18)22/h3-6,11,16,31H,7-10,13H2,1-2H3. The van der Waals surface area contributed by atoms with Crippen LogP contribution in [0, 0.1) is 11.3 Å². The van der Waals surface area contributed by atoms with Crippen molar-refractivity contribution in [2.45, 2.75) is 25.4 Å². The number of aromatic hydroxyl groups is 1. The van der Waals surface area contributed by atoms with Crippen LogP contribution in [0.4, 0.5) is 5.69 Å². The number of piperidine rings is 1. The van der Waals surface area contributed by atoms with Gasteiger partial charge in [0, 0.05) is 43.3 Å². The van der Waals surface area contributed by atoms with Crippen LogP contribution >= 0.6 is 23.2 Å². The van der Waals surface area contributed by atoms with Gasteiger partial charge in [-0.2, -0.15) is 5.26 Å². The van der Waals surface area contributed by atoms with Gasteiger partial charge in [0.05, 0.1) is 11.2 Å². The van der Waals surface area contributed by atoms with E-state index in [9.17, 15) is 15.2 Å².